The number of morpholine rings is 1. The van der Waals surface area contributed by atoms with Gasteiger partial charge in [-0.15, -0.1) is 0 Å². The molecule has 0 radical (unpaired) electrons. The van der Waals surface area contributed by atoms with Crippen LogP contribution in [0.15, 0.2) is 23.0 Å². The molecule has 1 aromatic heterocycles. The highest BCUT2D eigenvalue weighted by atomic mass is 16.5. The molecule has 0 bridgehead atoms. The lowest BCUT2D eigenvalue weighted by atomic mass is 10.1. The highest BCUT2D eigenvalue weighted by Crippen LogP contribution is 2.21. The van der Waals surface area contributed by atoms with E-state index in [4.69, 9.17) is 9.47 Å². The first-order chi connectivity index (χ1) is 12.3. The molecule has 2 heterocycles. The van der Waals surface area contributed by atoms with E-state index in [2.05, 4.69) is 37.6 Å². The van der Waals surface area contributed by atoms with Crippen LogP contribution < -0.4 is 10.2 Å². The van der Waals surface area contributed by atoms with Crippen molar-refractivity contribution in [2.45, 2.75) is 53.4 Å². The van der Waals surface area contributed by atoms with E-state index >= 15 is 0 Å². The van der Waals surface area contributed by atoms with Crippen molar-refractivity contribution in [3.05, 3.63) is 39.7 Å². The maximum absolute atomic E-state index is 13.1. The molecular weight excluding hydrogens is 328 g/mol. The van der Waals surface area contributed by atoms with Crippen LogP contribution in [0.25, 0.3) is 10.9 Å². The molecule has 0 unspecified atom stereocenters. The molecule has 5 nitrogen and oxygen atoms in total. The van der Waals surface area contributed by atoms with Crippen molar-refractivity contribution in [3.63, 3.8) is 0 Å². The number of nitrogens with zero attached hydrogens (tertiary/aromatic N) is 1. The van der Waals surface area contributed by atoms with Gasteiger partial charge in [-0.2, -0.15) is 0 Å². The van der Waals surface area contributed by atoms with E-state index in [1.165, 1.54) is 0 Å². The molecule has 1 aliphatic heterocycles. The fraction of sp³-hybridized carbons (Fsp3) is 0.571. The van der Waals surface area contributed by atoms with Gasteiger partial charge in [0.1, 0.15) is 5.75 Å². The summed E-state index contributed by atoms with van der Waals surface area (Å²) in [5, 5.41) is 0.696. The minimum Gasteiger partial charge on any atom is -0.493 e. The molecule has 26 heavy (non-hydrogen) atoms. The van der Waals surface area contributed by atoms with E-state index in [-0.39, 0.29) is 17.6 Å². The van der Waals surface area contributed by atoms with Crippen molar-refractivity contribution in [1.82, 2.24) is 9.88 Å². The number of aromatic nitrogens is 1. The van der Waals surface area contributed by atoms with Gasteiger partial charge in [-0.05, 0) is 44.9 Å². The number of rotatable bonds is 5. The summed E-state index contributed by atoms with van der Waals surface area (Å²) in [6, 6.07) is 5.72. The topological polar surface area (TPSA) is 54.6 Å². The van der Waals surface area contributed by atoms with Crippen LogP contribution >= 0.6 is 0 Å². The molecule has 2 aromatic rings. The second-order valence-corrected chi connectivity index (χ2v) is 7.92. The van der Waals surface area contributed by atoms with Crippen molar-refractivity contribution >= 4 is 10.9 Å². The molecule has 1 fully saturated rings. The number of pyridine rings is 1. The molecule has 2 atom stereocenters. The summed E-state index contributed by atoms with van der Waals surface area (Å²) in [6.45, 7) is 13.3. The maximum atomic E-state index is 13.1. The Kier molecular flexibility index (Phi) is 5.68. The summed E-state index contributed by atoms with van der Waals surface area (Å²) in [7, 11) is 0. The van der Waals surface area contributed by atoms with Crippen LogP contribution in [-0.2, 0) is 11.3 Å². The van der Waals surface area contributed by atoms with Gasteiger partial charge in [-0.1, -0.05) is 13.8 Å². The zero-order chi connectivity index (χ0) is 18.8. The fourth-order valence-corrected chi connectivity index (χ4v) is 3.61. The molecule has 3 rings (SSSR count). The molecular formula is C21H30N2O3. The van der Waals surface area contributed by atoms with Gasteiger partial charge in [0, 0.05) is 41.8 Å². The van der Waals surface area contributed by atoms with Gasteiger partial charge in [-0.25, -0.2) is 0 Å². The minimum absolute atomic E-state index is 0.0954. The van der Waals surface area contributed by atoms with Gasteiger partial charge >= 0.3 is 0 Å². The molecule has 0 saturated carbocycles. The van der Waals surface area contributed by atoms with E-state index in [1.807, 2.05) is 25.1 Å². The average Bonchev–Trinajstić information content (AvgIpc) is 2.56. The van der Waals surface area contributed by atoms with E-state index in [9.17, 15) is 4.79 Å². The quantitative estimate of drug-likeness (QED) is 0.889. The predicted octanol–water partition coefficient (Wildman–Crippen LogP) is 3.48. The van der Waals surface area contributed by atoms with Crippen LogP contribution in [-0.4, -0.2) is 41.8 Å². The maximum Gasteiger partial charge on any atom is 0.194 e. The zero-order valence-electron chi connectivity index (χ0n) is 16.5. The highest BCUT2D eigenvalue weighted by molar-refractivity contribution is 5.81. The molecule has 1 aliphatic rings. The summed E-state index contributed by atoms with van der Waals surface area (Å²) in [5.74, 6) is 1.20. The van der Waals surface area contributed by atoms with Crippen LogP contribution in [0, 0.1) is 12.8 Å². The lowest BCUT2D eigenvalue weighted by Gasteiger charge is -2.35. The number of nitrogens with one attached hydrogen (secondary N) is 1. The number of hydrogen-bond acceptors (Lipinski definition) is 4. The van der Waals surface area contributed by atoms with E-state index < -0.39 is 0 Å². The molecule has 1 aromatic carbocycles. The van der Waals surface area contributed by atoms with Crippen molar-refractivity contribution in [1.29, 1.82) is 0 Å². The Labute approximate surface area is 155 Å². The first-order valence-electron chi connectivity index (χ1n) is 9.49. The third kappa shape index (κ3) is 4.27. The number of hydrogen-bond donors (Lipinski definition) is 1. The van der Waals surface area contributed by atoms with E-state index in [0.29, 0.717) is 24.5 Å². The van der Waals surface area contributed by atoms with Gasteiger partial charge in [0.25, 0.3) is 0 Å². The van der Waals surface area contributed by atoms with Gasteiger partial charge in [0.2, 0.25) is 0 Å². The summed E-state index contributed by atoms with van der Waals surface area (Å²) >= 11 is 0. The average molecular weight is 358 g/mol. The first-order valence-corrected chi connectivity index (χ1v) is 9.49. The molecule has 1 saturated heterocycles. The number of H-pyrrole nitrogens is 1. The Morgan fingerprint density at radius 1 is 1.27 bits per heavy atom. The van der Waals surface area contributed by atoms with Crippen LogP contribution in [0.2, 0.25) is 0 Å². The second-order valence-electron chi connectivity index (χ2n) is 7.92. The normalized spacial score (nSPS) is 21.5. The Hall–Kier alpha value is -1.85. The van der Waals surface area contributed by atoms with Crippen molar-refractivity contribution < 1.29 is 9.47 Å². The van der Waals surface area contributed by atoms with Gasteiger partial charge in [-0.3, -0.25) is 9.69 Å². The Morgan fingerprint density at radius 3 is 2.62 bits per heavy atom. The smallest absolute Gasteiger partial charge is 0.194 e. The summed E-state index contributed by atoms with van der Waals surface area (Å²) < 4.78 is 11.6. The summed E-state index contributed by atoms with van der Waals surface area (Å²) in [5.41, 5.74) is 2.72. The number of benzene rings is 1. The Morgan fingerprint density at radius 2 is 1.96 bits per heavy atom. The summed E-state index contributed by atoms with van der Waals surface area (Å²) in [4.78, 5) is 18.8. The highest BCUT2D eigenvalue weighted by Gasteiger charge is 2.23. The monoisotopic (exact) mass is 358 g/mol. The fourth-order valence-electron chi connectivity index (χ4n) is 3.61. The van der Waals surface area contributed by atoms with Gasteiger partial charge in [0.15, 0.2) is 5.43 Å². The molecule has 0 aliphatic carbocycles. The molecule has 142 valence electrons. The number of aryl methyl sites for hydroxylation is 1. The zero-order valence-corrected chi connectivity index (χ0v) is 16.5. The van der Waals surface area contributed by atoms with Crippen molar-refractivity contribution in [3.8, 4) is 5.75 Å². The second kappa shape index (κ2) is 7.80. The molecule has 5 heteroatoms. The van der Waals surface area contributed by atoms with Crippen LogP contribution in [0.3, 0.4) is 0 Å². The summed E-state index contributed by atoms with van der Waals surface area (Å²) in [6.07, 6.45) is 0.379. The van der Waals surface area contributed by atoms with Crippen LogP contribution in [0.4, 0.5) is 0 Å². The van der Waals surface area contributed by atoms with Crippen LogP contribution in [0.1, 0.15) is 39.0 Å². The minimum atomic E-state index is 0.0954. The lowest BCUT2D eigenvalue weighted by molar-refractivity contribution is -0.0706. The van der Waals surface area contributed by atoms with Crippen LogP contribution in [0.5, 0.6) is 5.75 Å². The molecule has 0 amide bonds. The number of aromatic amines is 1. The van der Waals surface area contributed by atoms with Gasteiger partial charge in [0.05, 0.1) is 18.8 Å². The van der Waals surface area contributed by atoms with Crippen molar-refractivity contribution in [2.75, 3.05) is 19.7 Å². The molecule has 1 N–H and O–H groups in total. The third-order valence-electron chi connectivity index (χ3n) is 4.74. The number of fused-ring (bicyclic) bond motifs is 1. The van der Waals surface area contributed by atoms with Gasteiger partial charge < -0.3 is 14.5 Å². The van der Waals surface area contributed by atoms with E-state index in [0.717, 1.165) is 35.6 Å². The predicted molar refractivity (Wildman–Crippen MR) is 105 cm³/mol. The number of ether oxygens (including phenoxy) is 2. The van der Waals surface area contributed by atoms with Crippen molar-refractivity contribution in [2.24, 2.45) is 5.92 Å². The Bertz CT molecular complexity index is 818. The first kappa shape index (κ1) is 18.9. The third-order valence-corrected chi connectivity index (χ3v) is 4.74. The van der Waals surface area contributed by atoms with E-state index in [1.54, 1.807) is 0 Å². The standard InChI is InChI=1S/C21H30N2O3/c1-13(2)12-25-17-6-7-20-18(8-17)21(24)19(16(5)22-20)11-23-9-14(3)26-15(4)10-23/h6-8,13-15H,9-12H2,1-5H3,(H,22,24)/t14-,15-/m0/s1. The Balaban J connectivity index is 1.91. The lowest BCUT2D eigenvalue weighted by Crippen LogP contribution is -2.45. The molecule has 0 spiro atoms. The largest absolute Gasteiger partial charge is 0.493 e. The SMILES string of the molecule is Cc1[nH]c2ccc(OCC(C)C)cc2c(=O)c1CN1C[C@H](C)O[C@@H](C)C1.